The Morgan fingerprint density at radius 1 is 0.733 bits per heavy atom. The van der Waals surface area contributed by atoms with Gasteiger partial charge in [-0.2, -0.15) is 0 Å². The Bertz CT molecular complexity index is 990. The summed E-state index contributed by atoms with van der Waals surface area (Å²) in [4.78, 5) is 7.85. The summed E-state index contributed by atoms with van der Waals surface area (Å²) in [5, 5.41) is 0.816. The third-order valence-electron chi connectivity index (χ3n) is 6.28. The second-order valence-electron chi connectivity index (χ2n) is 8.50. The minimum absolute atomic E-state index is 0.491. The molecule has 0 N–H and O–H groups in total. The normalized spacial score (nSPS) is 19.8. The number of hydrogen-bond donors (Lipinski definition) is 0. The van der Waals surface area contributed by atoms with Gasteiger partial charge in [0.05, 0.1) is 6.04 Å². The molecular formula is C26H28ClN3. The lowest BCUT2D eigenvalue weighted by Gasteiger charge is -2.43. The lowest BCUT2D eigenvalue weighted by atomic mass is 10.1. The minimum atomic E-state index is 0.491. The lowest BCUT2D eigenvalue weighted by Crippen LogP contribution is -2.55. The zero-order valence-electron chi connectivity index (χ0n) is 17.3. The van der Waals surface area contributed by atoms with Crippen LogP contribution in [0.1, 0.15) is 16.7 Å². The average Bonchev–Trinajstić information content (AvgIpc) is 2.90. The number of nitrogens with zero attached hydrogens (tertiary/aromatic N) is 3. The number of halogens is 1. The molecule has 2 aliphatic heterocycles. The van der Waals surface area contributed by atoms with Crippen molar-refractivity contribution in [3.63, 3.8) is 0 Å². The molecule has 2 aliphatic rings. The highest BCUT2D eigenvalue weighted by Crippen LogP contribution is 2.31. The van der Waals surface area contributed by atoms with E-state index in [2.05, 4.69) is 87.5 Å². The first kappa shape index (κ1) is 19.6. The maximum Gasteiger partial charge on any atom is 0.0545 e. The summed E-state index contributed by atoms with van der Waals surface area (Å²) >= 11 is 6.25. The Balaban J connectivity index is 1.38. The predicted molar refractivity (Wildman–Crippen MR) is 125 cm³/mol. The number of piperazine rings is 1. The molecule has 154 valence electrons. The highest BCUT2D eigenvalue weighted by molar-refractivity contribution is 6.30. The minimum Gasteiger partial charge on any atom is -0.364 e. The predicted octanol–water partition coefficient (Wildman–Crippen LogP) is 5.05. The van der Waals surface area contributed by atoms with Gasteiger partial charge >= 0.3 is 0 Å². The van der Waals surface area contributed by atoms with Crippen LogP contribution in [0.25, 0.3) is 0 Å². The van der Waals surface area contributed by atoms with E-state index in [1.165, 1.54) is 22.4 Å². The fourth-order valence-electron chi connectivity index (χ4n) is 4.92. The second kappa shape index (κ2) is 8.81. The van der Waals surface area contributed by atoms with Gasteiger partial charge in [0.1, 0.15) is 0 Å². The van der Waals surface area contributed by atoms with Crippen molar-refractivity contribution in [3.8, 4) is 0 Å². The van der Waals surface area contributed by atoms with Crippen LogP contribution in [0.4, 0.5) is 5.69 Å². The molecule has 4 heteroatoms. The van der Waals surface area contributed by atoms with Gasteiger partial charge in [-0.05, 0) is 34.9 Å². The van der Waals surface area contributed by atoms with E-state index in [4.69, 9.17) is 11.6 Å². The molecule has 1 unspecified atom stereocenters. The molecule has 0 saturated carbocycles. The van der Waals surface area contributed by atoms with Gasteiger partial charge in [0, 0.05) is 56.5 Å². The third-order valence-corrected chi connectivity index (χ3v) is 6.51. The summed E-state index contributed by atoms with van der Waals surface area (Å²) < 4.78 is 0. The maximum atomic E-state index is 6.25. The van der Waals surface area contributed by atoms with Crippen LogP contribution in [0.5, 0.6) is 0 Å². The largest absolute Gasteiger partial charge is 0.364 e. The van der Waals surface area contributed by atoms with Crippen LogP contribution in [-0.4, -0.2) is 42.0 Å². The Morgan fingerprint density at radius 2 is 1.47 bits per heavy atom. The average molecular weight is 418 g/mol. The van der Waals surface area contributed by atoms with Crippen molar-refractivity contribution in [2.75, 3.05) is 31.1 Å². The molecule has 30 heavy (non-hydrogen) atoms. The molecule has 0 radical (unpaired) electrons. The number of anilines is 1. The molecule has 2 heterocycles. The summed E-state index contributed by atoms with van der Waals surface area (Å²) in [6.07, 6.45) is 0. The first-order valence-corrected chi connectivity index (χ1v) is 11.2. The highest BCUT2D eigenvalue weighted by atomic mass is 35.5. The first-order valence-electron chi connectivity index (χ1n) is 10.8. The number of hydrogen-bond acceptors (Lipinski definition) is 3. The Hall–Kier alpha value is -2.33. The molecule has 0 aromatic heterocycles. The number of rotatable bonds is 4. The van der Waals surface area contributed by atoms with E-state index in [9.17, 15) is 0 Å². The number of benzene rings is 3. The molecule has 0 spiro atoms. The maximum absolute atomic E-state index is 6.25. The van der Waals surface area contributed by atoms with Crippen LogP contribution >= 0.6 is 11.6 Å². The van der Waals surface area contributed by atoms with E-state index in [1.807, 2.05) is 6.07 Å². The standard InChI is InChI=1S/C26H28ClN3/c27-24-11-6-9-22(15-24)17-29-18-23-10-4-5-12-26(23)30-14-13-28(19-25(30)20-29)16-21-7-2-1-3-8-21/h1-12,15,25H,13-14,16-20H2. The van der Waals surface area contributed by atoms with E-state index in [0.717, 1.165) is 50.8 Å². The molecule has 3 nitrogen and oxygen atoms in total. The van der Waals surface area contributed by atoms with Crippen molar-refractivity contribution in [1.82, 2.24) is 9.80 Å². The third kappa shape index (κ3) is 4.39. The van der Waals surface area contributed by atoms with Crippen LogP contribution in [0.2, 0.25) is 5.02 Å². The van der Waals surface area contributed by atoms with Gasteiger partial charge in [-0.25, -0.2) is 0 Å². The van der Waals surface area contributed by atoms with Crippen molar-refractivity contribution >= 4 is 17.3 Å². The van der Waals surface area contributed by atoms with E-state index in [0.29, 0.717) is 6.04 Å². The molecule has 1 fully saturated rings. The van der Waals surface area contributed by atoms with Crippen molar-refractivity contribution in [3.05, 3.63) is 101 Å². The monoisotopic (exact) mass is 417 g/mol. The van der Waals surface area contributed by atoms with Gasteiger partial charge in [-0.15, -0.1) is 0 Å². The number of fused-ring (bicyclic) bond motifs is 3. The first-order chi connectivity index (χ1) is 14.7. The zero-order valence-corrected chi connectivity index (χ0v) is 18.0. The molecule has 0 bridgehead atoms. The van der Waals surface area contributed by atoms with Crippen LogP contribution in [0.3, 0.4) is 0 Å². The van der Waals surface area contributed by atoms with Crippen molar-refractivity contribution in [2.24, 2.45) is 0 Å². The molecular weight excluding hydrogens is 390 g/mol. The molecule has 1 atom stereocenters. The lowest BCUT2D eigenvalue weighted by molar-refractivity contribution is 0.172. The van der Waals surface area contributed by atoms with Crippen LogP contribution < -0.4 is 4.90 Å². The summed E-state index contributed by atoms with van der Waals surface area (Å²) in [5.41, 5.74) is 5.52. The van der Waals surface area contributed by atoms with Gasteiger partial charge in [0.15, 0.2) is 0 Å². The van der Waals surface area contributed by atoms with Crippen LogP contribution in [0, 0.1) is 0 Å². The zero-order chi connectivity index (χ0) is 20.3. The highest BCUT2D eigenvalue weighted by Gasteiger charge is 2.32. The molecule has 0 amide bonds. The van der Waals surface area contributed by atoms with Gasteiger partial charge in [0.25, 0.3) is 0 Å². The summed E-state index contributed by atoms with van der Waals surface area (Å²) in [6.45, 7) is 7.28. The van der Waals surface area contributed by atoms with Crippen LogP contribution in [0.15, 0.2) is 78.9 Å². The van der Waals surface area contributed by atoms with Gasteiger partial charge < -0.3 is 4.90 Å². The SMILES string of the molecule is Clc1cccc(CN2Cc3ccccc3N3CCN(Cc4ccccc4)CC3C2)c1. The van der Waals surface area contributed by atoms with Gasteiger partial charge in [-0.1, -0.05) is 72.3 Å². The topological polar surface area (TPSA) is 9.72 Å². The van der Waals surface area contributed by atoms with Crippen molar-refractivity contribution < 1.29 is 0 Å². The van der Waals surface area contributed by atoms with Crippen molar-refractivity contribution in [1.29, 1.82) is 0 Å². The fourth-order valence-corrected chi connectivity index (χ4v) is 5.13. The van der Waals surface area contributed by atoms with Crippen molar-refractivity contribution in [2.45, 2.75) is 25.7 Å². The second-order valence-corrected chi connectivity index (χ2v) is 8.93. The van der Waals surface area contributed by atoms with E-state index < -0.39 is 0 Å². The summed E-state index contributed by atoms with van der Waals surface area (Å²) in [6, 6.07) is 28.6. The molecule has 0 aliphatic carbocycles. The summed E-state index contributed by atoms with van der Waals surface area (Å²) in [7, 11) is 0. The van der Waals surface area contributed by atoms with E-state index in [-0.39, 0.29) is 0 Å². The molecule has 3 aromatic rings. The molecule has 1 saturated heterocycles. The summed E-state index contributed by atoms with van der Waals surface area (Å²) in [5.74, 6) is 0. The quantitative estimate of drug-likeness (QED) is 0.588. The fraction of sp³-hybridized carbons (Fsp3) is 0.308. The van der Waals surface area contributed by atoms with Gasteiger partial charge in [-0.3, -0.25) is 9.80 Å². The van der Waals surface area contributed by atoms with Crippen LogP contribution in [-0.2, 0) is 19.6 Å². The Morgan fingerprint density at radius 3 is 2.33 bits per heavy atom. The van der Waals surface area contributed by atoms with E-state index in [1.54, 1.807) is 0 Å². The molecule has 5 rings (SSSR count). The van der Waals surface area contributed by atoms with Gasteiger partial charge in [0.2, 0.25) is 0 Å². The Kier molecular flexibility index (Phi) is 5.76. The Labute approximate surface area is 184 Å². The smallest absolute Gasteiger partial charge is 0.0545 e. The van der Waals surface area contributed by atoms with E-state index >= 15 is 0 Å². The molecule has 3 aromatic carbocycles. The number of para-hydroxylation sites is 1.